The zero-order valence-corrected chi connectivity index (χ0v) is 10.2. The van der Waals surface area contributed by atoms with Gasteiger partial charge in [-0.15, -0.1) is 0 Å². The number of carbonyl (C=O) groups excluding carboxylic acids is 1. The van der Waals surface area contributed by atoms with Gasteiger partial charge >= 0.3 is 6.18 Å². The van der Waals surface area contributed by atoms with E-state index in [1.54, 1.807) is 0 Å². The lowest BCUT2D eigenvalue weighted by Crippen LogP contribution is -2.51. The van der Waals surface area contributed by atoms with Gasteiger partial charge in [-0.2, -0.15) is 13.2 Å². The van der Waals surface area contributed by atoms with Gasteiger partial charge in [0, 0.05) is 5.41 Å². The Morgan fingerprint density at radius 3 is 1.72 bits per heavy atom. The zero-order valence-electron chi connectivity index (χ0n) is 10.2. The average molecular weight is 258 g/mol. The lowest BCUT2D eigenvalue weighted by molar-refractivity contribution is -0.150. The zero-order chi connectivity index (χ0) is 13.1. The molecule has 0 heterocycles. The van der Waals surface area contributed by atoms with Gasteiger partial charge in [0.25, 0.3) is 0 Å². The standard InChI is InChI=1S/C14H17F3O/c1-8(14(15,16)17)12(18)13-5-9-2-10(6-13)4-11(3-9)7-13/h9-11H,1-7H2. The molecule has 0 saturated heterocycles. The molecule has 0 spiro atoms. The Kier molecular flexibility index (Phi) is 2.46. The molecular formula is C14H17F3O. The second kappa shape index (κ2) is 3.61. The molecule has 4 aliphatic carbocycles. The van der Waals surface area contributed by atoms with Crippen molar-refractivity contribution in [3.05, 3.63) is 12.2 Å². The molecule has 0 aromatic heterocycles. The fraction of sp³-hybridized carbons (Fsp3) is 0.786. The van der Waals surface area contributed by atoms with E-state index in [0.717, 1.165) is 19.3 Å². The third kappa shape index (κ3) is 1.72. The van der Waals surface area contributed by atoms with Crippen LogP contribution in [0.1, 0.15) is 38.5 Å². The number of hydrogen-bond donors (Lipinski definition) is 0. The van der Waals surface area contributed by atoms with Crippen LogP contribution < -0.4 is 0 Å². The van der Waals surface area contributed by atoms with Crippen molar-refractivity contribution in [2.24, 2.45) is 23.2 Å². The first-order valence-electron chi connectivity index (χ1n) is 6.61. The van der Waals surface area contributed by atoms with Crippen LogP contribution in [0.3, 0.4) is 0 Å². The van der Waals surface area contributed by atoms with E-state index < -0.39 is 22.9 Å². The number of allylic oxidation sites excluding steroid dienone is 1. The van der Waals surface area contributed by atoms with Crippen LogP contribution in [-0.2, 0) is 4.79 Å². The number of carbonyl (C=O) groups is 1. The van der Waals surface area contributed by atoms with Crippen LogP contribution in [0.5, 0.6) is 0 Å². The molecule has 0 aliphatic heterocycles. The van der Waals surface area contributed by atoms with Gasteiger partial charge in [-0.1, -0.05) is 6.58 Å². The molecule has 0 N–H and O–H groups in total. The fourth-order valence-corrected chi connectivity index (χ4v) is 4.84. The van der Waals surface area contributed by atoms with Crippen LogP contribution in [0.2, 0.25) is 0 Å². The van der Waals surface area contributed by atoms with Crippen molar-refractivity contribution in [3.63, 3.8) is 0 Å². The first kappa shape index (κ1) is 12.2. The van der Waals surface area contributed by atoms with Crippen molar-refractivity contribution in [2.45, 2.75) is 44.7 Å². The van der Waals surface area contributed by atoms with E-state index in [2.05, 4.69) is 6.58 Å². The number of hydrogen-bond acceptors (Lipinski definition) is 1. The average Bonchev–Trinajstić information content (AvgIpc) is 2.23. The second-order valence-corrected chi connectivity index (χ2v) is 6.50. The van der Waals surface area contributed by atoms with Crippen molar-refractivity contribution in [2.75, 3.05) is 0 Å². The Morgan fingerprint density at radius 1 is 1.00 bits per heavy atom. The van der Waals surface area contributed by atoms with Gasteiger partial charge in [-0.25, -0.2) is 0 Å². The predicted octanol–water partition coefficient (Wildman–Crippen LogP) is 3.89. The molecule has 4 rings (SSSR count). The SMILES string of the molecule is C=C(C(=O)C12CC3CC(CC(C3)C1)C2)C(F)(F)F. The normalized spacial score (nSPS) is 42.1. The minimum Gasteiger partial charge on any atom is -0.294 e. The van der Waals surface area contributed by atoms with Gasteiger partial charge in [0.05, 0.1) is 5.57 Å². The van der Waals surface area contributed by atoms with Gasteiger partial charge in [0.2, 0.25) is 0 Å². The van der Waals surface area contributed by atoms with Gasteiger partial charge in [0.1, 0.15) is 0 Å². The summed E-state index contributed by atoms with van der Waals surface area (Å²) in [5.74, 6) is 0.706. The molecule has 4 fully saturated rings. The molecule has 100 valence electrons. The lowest BCUT2D eigenvalue weighted by atomic mass is 9.48. The summed E-state index contributed by atoms with van der Waals surface area (Å²) in [6.45, 7) is 3.01. The van der Waals surface area contributed by atoms with Crippen LogP contribution in [0.4, 0.5) is 13.2 Å². The molecule has 0 atom stereocenters. The molecule has 0 aromatic carbocycles. The molecule has 4 aliphatic rings. The van der Waals surface area contributed by atoms with E-state index in [-0.39, 0.29) is 0 Å². The van der Waals surface area contributed by atoms with E-state index in [1.165, 1.54) is 0 Å². The second-order valence-electron chi connectivity index (χ2n) is 6.50. The number of Topliss-reactive ketones (excluding diaryl/α,β-unsaturated/α-hetero) is 1. The Balaban J connectivity index is 1.87. The third-order valence-electron chi connectivity index (χ3n) is 5.14. The topological polar surface area (TPSA) is 17.1 Å². The summed E-state index contributed by atoms with van der Waals surface area (Å²) < 4.78 is 38.0. The number of ketones is 1. The summed E-state index contributed by atoms with van der Waals surface area (Å²) >= 11 is 0. The largest absolute Gasteiger partial charge is 0.419 e. The summed E-state index contributed by atoms with van der Waals surface area (Å²) in [6, 6.07) is 0. The molecule has 0 unspecified atom stereocenters. The minimum absolute atomic E-state index is 0.473. The minimum atomic E-state index is -4.57. The molecule has 18 heavy (non-hydrogen) atoms. The van der Waals surface area contributed by atoms with E-state index in [0.29, 0.717) is 37.0 Å². The van der Waals surface area contributed by atoms with Gasteiger partial charge < -0.3 is 0 Å². The van der Waals surface area contributed by atoms with Crippen molar-refractivity contribution in [3.8, 4) is 0 Å². The smallest absolute Gasteiger partial charge is 0.294 e. The van der Waals surface area contributed by atoms with E-state index in [9.17, 15) is 18.0 Å². The van der Waals surface area contributed by atoms with Crippen LogP contribution >= 0.6 is 0 Å². The maximum absolute atomic E-state index is 12.7. The molecule has 4 heteroatoms. The quantitative estimate of drug-likeness (QED) is 0.687. The van der Waals surface area contributed by atoms with Crippen molar-refractivity contribution >= 4 is 5.78 Å². The van der Waals surface area contributed by atoms with Crippen LogP contribution in [0.15, 0.2) is 12.2 Å². The predicted molar refractivity (Wildman–Crippen MR) is 60.8 cm³/mol. The molecular weight excluding hydrogens is 241 g/mol. The van der Waals surface area contributed by atoms with Crippen molar-refractivity contribution in [1.29, 1.82) is 0 Å². The highest BCUT2D eigenvalue weighted by Gasteiger charge is 2.57. The Bertz CT molecular complexity index is 372. The maximum atomic E-state index is 12.7. The van der Waals surface area contributed by atoms with Gasteiger partial charge in [-0.3, -0.25) is 4.79 Å². The number of halogens is 3. The molecule has 4 saturated carbocycles. The molecule has 1 nitrogen and oxygen atoms in total. The fourth-order valence-electron chi connectivity index (χ4n) is 4.84. The number of rotatable bonds is 2. The van der Waals surface area contributed by atoms with E-state index >= 15 is 0 Å². The first-order valence-corrected chi connectivity index (χ1v) is 6.61. The highest BCUT2D eigenvalue weighted by Crippen LogP contribution is 2.61. The van der Waals surface area contributed by atoms with Crippen LogP contribution in [-0.4, -0.2) is 12.0 Å². The molecule has 4 bridgehead atoms. The van der Waals surface area contributed by atoms with Crippen LogP contribution in [0.25, 0.3) is 0 Å². The van der Waals surface area contributed by atoms with E-state index in [4.69, 9.17) is 0 Å². The Morgan fingerprint density at radius 2 is 1.39 bits per heavy atom. The highest BCUT2D eigenvalue weighted by molar-refractivity contribution is 6.00. The molecule has 0 amide bonds. The summed E-state index contributed by atoms with van der Waals surface area (Å²) in [4.78, 5) is 12.2. The highest BCUT2D eigenvalue weighted by atomic mass is 19.4. The summed E-state index contributed by atoms with van der Waals surface area (Å²) in [6.07, 6.45) is 0.758. The maximum Gasteiger partial charge on any atom is 0.419 e. The summed E-state index contributed by atoms with van der Waals surface area (Å²) in [5, 5.41) is 0. The van der Waals surface area contributed by atoms with Crippen molar-refractivity contribution in [1.82, 2.24) is 0 Å². The van der Waals surface area contributed by atoms with Crippen molar-refractivity contribution < 1.29 is 18.0 Å². The Hall–Kier alpha value is -0.800. The van der Waals surface area contributed by atoms with Gasteiger partial charge in [0.15, 0.2) is 5.78 Å². The molecule has 0 radical (unpaired) electrons. The third-order valence-corrected chi connectivity index (χ3v) is 5.14. The van der Waals surface area contributed by atoms with E-state index in [1.807, 2.05) is 0 Å². The lowest BCUT2D eigenvalue weighted by Gasteiger charge is -2.56. The molecule has 0 aromatic rings. The van der Waals surface area contributed by atoms with Crippen LogP contribution in [0, 0.1) is 23.2 Å². The Labute approximate surface area is 104 Å². The first-order chi connectivity index (χ1) is 8.30. The van der Waals surface area contributed by atoms with Gasteiger partial charge in [-0.05, 0) is 56.3 Å². The monoisotopic (exact) mass is 258 g/mol. The summed E-state index contributed by atoms with van der Waals surface area (Å²) in [5.41, 5.74) is -1.86. The summed E-state index contributed by atoms with van der Waals surface area (Å²) in [7, 11) is 0. The number of alkyl halides is 3.